The van der Waals surface area contributed by atoms with E-state index in [1.54, 1.807) is 0 Å². The van der Waals surface area contributed by atoms with Crippen molar-refractivity contribution in [2.24, 2.45) is 0 Å². The van der Waals surface area contributed by atoms with Crippen LogP contribution in [0, 0.1) is 0 Å². The number of fused-ring (bicyclic) bond motifs is 1. The average molecular weight is 344 g/mol. The third-order valence-corrected chi connectivity index (χ3v) is 4.55. The molecule has 0 N–H and O–H groups in total. The molecule has 0 bridgehead atoms. The summed E-state index contributed by atoms with van der Waals surface area (Å²) in [5, 5.41) is 0. The number of para-hydroxylation sites is 1. The molecule has 1 aliphatic heterocycles. The van der Waals surface area contributed by atoms with Crippen LogP contribution in [0.4, 0.5) is 0 Å². The number of carbonyl (C=O) groups excluding carboxylic acids is 1. The number of pyridine rings is 1. The first-order valence-electron chi connectivity index (χ1n) is 8.78. The zero-order valence-electron chi connectivity index (χ0n) is 14.5. The van der Waals surface area contributed by atoms with Gasteiger partial charge in [0.15, 0.2) is 0 Å². The first-order chi connectivity index (χ1) is 12.8. The summed E-state index contributed by atoms with van der Waals surface area (Å²) in [6.45, 7) is 1.76. The summed E-state index contributed by atoms with van der Waals surface area (Å²) in [4.78, 5) is 19.2. The SMILES string of the molecule is O=C(c1ccccc1)N1CCc2ncc(COc3ccccc3)cc2C1. The van der Waals surface area contributed by atoms with Gasteiger partial charge in [-0.3, -0.25) is 9.78 Å². The number of amides is 1. The highest BCUT2D eigenvalue weighted by molar-refractivity contribution is 5.94. The largest absolute Gasteiger partial charge is 0.489 e. The van der Waals surface area contributed by atoms with Gasteiger partial charge in [-0.1, -0.05) is 36.4 Å². The van der Waals surface area contributed by atoms with Crippen LogP contribution in [0.25, 0.3) is 0 Å². The first-order valence-corrected chi connectivity index (χ1v) is 8.78. The van der Waals surface area contributed by atoms with E-state index in [1.807, 2.05) is 71.8 Å². The van der Waals surface area contributed by atoms with Gasteiger partial charge in [-0.2, -0.15) is 0 Å². The zero-order valence-corrected chi connectivity index (χ0v) is 14.5. The Morgan fingerprint density at radius 3 is 2.54 bits per heavy atom. The number of nitrogens with zero attached hydrogens (tertiary/aromatic N) is 2. The Hall–Kier alpha value is -3.14. The molecule has 2 heterocycles. The molecule has 2 aromatic carbocycles. The van der Waals surface area contributed by atoms with E-state index in [0.717, 1.165) is 34.6 Å². The van der Waals surface area contributed by atoms with Crippen molar-refractivity contribution >= 4 is 5.91 Å². The quantitative estimate of drug-likeness (QED) is 0.722. The zero-order chi connectivity index (χ0) is 17.8. The second-order valence-electron chi connectivity index (χ2n) is 6.39. The Morgan fingerprint density at radius 1 is 1.04 bits per heavy atom. The van der Waals surface area contributed by atoms with Crippen molar-refractivity contribution < 1.29 is 9.53 Å². The van der Waals surface area contributed by atoms with Crippen molar-refractivity contribution in [3.8, 4) is 5.75 Å². The van der Waals surface area contributed by atoms with Crippen molar-refractivity contribution in [2.45, 2.75) is 19.6 Å². The number of hydrogen-bond acceptors (Lipinski definition) is 3. The summed E-state index contributed by atoms with van der Waals surface area (Å²) in [7, 11) is 0. The molecule has 3 aromatic rings. The third-order valence-electron chi connectivity index (χ3n) is 4.55. The Labute approximate surface area is 153 Å². The maximum absolute atomic E-state index is 12.7. The summed E-state index contributed by atoms with van der Waals surface area (Å²) in [6.07, 6.45) is 2.66. The molecular formula is C22H20N2O2. The molecule has 4 nitrogen and oxygen atoms in total. The second-order valence-corrected chi connectivity index (χ2v) is 6.39. The lowest BCUT2D eigenvalue weighted by atomic mass is 10.0. The van der Waals surface area contributed by atoms with Gasteiger partial charge in [0.25, 0.3) is 5.91 Å². The molecular weight excluding hydrogens is 324 g/mol. The highest BCUT2D eigenvalue weighted by atomic mass is 16.5. The van der Waals surface area contributed by atoms with E-state index < -0.39 is 0 Å². The Kier molecular flexibility index (Phi) is 4.65. The number of ether oxygens (including phenoxy) is 1. The number of benzene rings is 2. The van der Waals surface area contributed by atoms with E-state index in [0.29, 0.717) is 19.7 Å². The van der Waals surface area contributed by atoms with Crippen LogP contribution in [0.3, 0.4) is 0 Å². The van der Waals surface area contributed by atoms with Crippen LogP contribution in [-0.4, -0.2) is 22.3 Å². The first kappa shape index (κ1) is 16.3. The molecule has 0 saturated heterocycles. The minimum Gasteiger partial charge on any atom is -0.489 e. The lowest BCUT2D eigenvalue weighted by Crippen LogP contribution is -2.36. The Balaban J connectivity index is 1.47. The number of aromatic nitrogens is 1. The summed E-state index contributed by atoms with van der Waals surface area (Å²) in [5.74, 6) is 0.910. The fourth-order valence-corrected chi connectivity index (χ4v) is 3.17. The highest BCUT2D eigenvalue weighted by Gasteiger charge is 2.22. The number of rotatable bonds is 4. The van der Waals surface area contributed by atoms with Gasteiger partial charge in [0.2, 0.25) is 0 Å². The molecule has 4 rings (SSSR count). The lowest BCUT2D eigenvalue weighted by molar-refractivity contribution is 0.0733. The molecule has 1 aromatic heterocycles. The molecule has 4 heteroatoms. The van der Waals surface area contributed by atoms with Crippen molar-refractivity contribution in [2.75, 3.05) is 6.54 Å². The van der Waals surface area contributed by atoms with Crippen molar-refractivity contribution in [3.05, 3.63) is 95.3 Å². The van der Waals surface area contributed by atoms with Crippen LogP contribution in [0.1, 0.15) is 27.2 Å². The van der Waals surface area contributed by atoms with Crippen molar-refractivity contribution in [3.63, 3.8) is 0 Å². The van der Waals surface area contributed by atoms with E-state index in [-0.39, 0.29) is 5.91 Å². The van der Waals surface area contributed by atoms with Gasteiger partial charge in [-0.05, 0) is 35.9 Å². The maximum Gasteiger partial charge on any atom is 0.254 e. The summed E-state index contributed by atoms with van der Waals surface area (Å²) >= 11 is 0. The summed E-state index contributed by atoms with van der Waals surface area (Å²) in [5.41, 5.74) is 3.93. The molecule has 26 heavy (non-hydrogen) atoms. The van der Waals surface area contributed by atoms with Crippen LogP contribution >= 0.6 is 0 Å². The molecule has 0 unspecified atom stereocenters. The van der Waals surface area contributed by atoms with Gasteiger partial charge in [-0.25, -0.2) is 0 Å². The van der Waals surface area contributed by atoms with Crippen LogP contribution in [0.5, 0.6) is 5.75 Å². The third kappa shape index (κ3) is 3.59. The molecule has 1 aliphatic rings. The molecule has 0 atom stereocenters. The molecule has 1 amide bonds. The minimum atomic E-state index is 0.0715. The van der Waals surface area contributed by atoms with Crippen LogP contribution in [0.2, 0.25) is 0 Å². The summed E-state index contributed by atoms with van der Waals surface area (Å²) < 4.78 is 5.81. The fraction of sp³-hybridized carbons (Fsp3) is 0.182. The monoisotopic (exact) mass is 344 g/mol. The van der Waals surface area contributed by atoms with Crippen LogP contribution in [-0.2, 0) is 19.6 Å². The van der Waals surface area contributed by atoms with Crippen molar-refractivity contribution in [1.82, 2.24) is 9.88 Å². The Morgan fingerprint density at radius 2 is 1.77 bits per heavy atom. The molecule has 0 radical (unpaired) electrons. The average Bonchev–Trinajstić information content (AvgIpc) is 2.72. The van der Waals surface area contributed by atoms with Gasteiger partial charge >= 0.3 is 0 Å². The molecule has 0 fully saturated rings. The number of hydrogen-bond donors (Lipinski definition) is 0. The predicted molar refractivity (Wildman–Crippen MR) is 99.9 cm³/mol. The molecule has 0 saturated carbocycles. The molecule has 0 spiro atoms. The van der Waals surface area contributed by atoms with Gasteiger partial charge in [-0.15, -0.1) is 0 Å². The van der Waals surface area contributed by atoms with Gasteiger partial charge < -0.3 is 9.64 Å². The molecule has 0 aliphatic carbocycles. The van der Waals surface area contributed by atoms with E-state index in [1.165, 1.54) is 0 Å². The fourth-order valence-electron chi connectivity index (χ4n) is 3.17. The topological polar surface area (TPSA) is 42.4 Å². The lowest BCUT2D eigenvalue weighted by Gasteiger charge is -2.28. The smallest absolute Gasteiger partial charge is 0.254 e. The van der Waals surface area contributed by atoms with E-state index in [4.69, 9.17) is 4.74 Å². The predicted octanol–water partition coefficient (Wildman–Crippen LogP) is 3.86. The van der Waals surface area contributed by atoms with Gasteiger partial charge in [0, 0.05) is 42.5 Å². The summed E-state index contributed by atoms with van der Waals surface area (Å²) in [6, 6.07) is 21.3. The van der Waals surface area contributed by atoms with E-state index >= 15 is 0 Å². The van der Waals surface area contributed by atoms with E-state index in [2.05, 4.69) is 11.1 Å². The van der Waals surface area contributed by atoms with Gasteiger partial charge in [0.05, 0.1) is 0 Å². The van der Waals surface area contributed by atoms with Crippen LogP contribution < -0.4 is 4.74 Å². The molecule has 130 valence electrons. The van der Waals surface area contributed by atoms with E-state index in [9.17, 15) is 4.79 Å². The van der Waals surface area contributed by atoms with Crippen LogP contribution in [0.15, 0.2) is 72.9 Å². The number of carbonyl (C=O) groups is 1. The normalized spacial score (nSPS) is 13.2. The Bertz CT molecular complexity index is 895. The van der Waals surface area contributed by atoms with Crippen molar-refractivity contribution in [1.29, 1.82) is 0 Å². The van der Waals surface area contributed by atoms with Gasteiger partial charge in [0.1, 0.15) is 12.4 Å². The highest BCUT2D eigenvalue weighted by Crippen LogP contribution is 2.21. The standard InChI is InChI=1S/C22H20N2O2/c25-22(18-7-3-1-4-8-18)24-12-11-21-19(15-24)13-17(14-23-21)16-26-20-9-5-2-6-10-20/h1-10,13-14H,11-12,15-16H2. The second kappa shape index (κ2) is 7.40. The maximum atomic E-state index is 12.7. The minimum absolute atomic E-state index is 0.0715.